The van der Waals surface area contributed by atoms with Crippen LogP contribution in [0.4, 0.5) is 4.39 Å². The molecule has 29 heavy (non-hydrogen) atoms. The number of rotatable bonds is 7. The van der Waals surface area contributed by atoms with Crippen molar-refractivity contribution in [2.75, 3.05) is 0 Å². The number of hydrogen-bond donors (Lipinski definition) is 1. The summed E-state index contributed by atoms with van der Waals surface area (Å²) in [5, 5.41) is 6.50. The predicted octanol–water partition coefficient (Wildman–Crippen LogP) is 6.50. The second-order valence-electron chi connectivity index (χ2n) is 6.91. The van der Waals surface area contributed by atoms with E-state index in [0.29, 0.717) is 24.7 Å². The van der Waals surface area contributed by atoms with Gasteiger partial charge in [0.25, 0.3) is 0 Å². The van der Waals surface area contributed by atoms with Crippen LogP contribution in [-0.2, 0) is 19.7 Å². The monoisotopic (exact) mass is 405 g/mol. The molecule has 0 bridgehead atoms. The molecule has 0 atom stereocenters. The summed E-state index contributed by atoms with van der Waals surface area (Å²) < 4.78 is 19.3. The summed E-state index contributed by atoms with van der Waals surface area (Å²) in [7, 11) is 0. The second kappa shape index (κ2) is 9.08. The van der Waals surface area contributed by atoms with Gasteiger partial charge in [-0.2, -0.15) is 0 Å². The summed E-state index contributed by atoms with van der Waals surface area (Å²) in [5.74, 6) is 0.631. The standard InChI is InChI=1S/C25H21ClFNO/c26-21-10-5-19(6-11-21)17-29-25-14-9-20-3-1-2-4-23(20)24(25)16-28-15-18-7-12-22(27)13-8-18/h1-14,28H,15-17H2. The number of ether oxygens (including phenoxy) is 1. The first-order valence-corrected chi connectivity index (χ1v) is 9.90. The predicted molar refractivity (Wildman–Crippen MR) is 117 cm³/mol. The van der Waals surface area contributed by atoms with Crippen LogP contribution in [0.2, 0.25) is 5.02 Å². The van der Waals surface area contributed by atoms with E-state index in [9.17, 15) is 4.39 Å². The van der Waals surface area contributed by atoms with E-state index in [-0.39, 0.29) is 5.82 Å². The Bertz CT molecular complexity index is 1090. The smallest absolute Gasteiger partial charge is 0.124 e. The van der Waals surface area contributed by atoms with Gasteiger partial charge in [-0.25, -0.2) is 4.39 Å². The van der Waals surface area contributed by atoms with E-state index >= 15 is 0 Å². The fourth-order valence-corrected chi connectivity index (χ4v) is 3.44. The highest BCUT2D eigenvalue weighted by Gasteiger charge is 2.09. The van der Waals surface area contributed by atoms with Crippen LogP contribution in [-0.4, -0.2) is 0 Å². The maximum atomic E-state index is 13.1. The molecule has 0 saturated carbocycles. The Morgan fingerprint density at radius 2 is 1.48 bits per heavy atom. The van der Waals surface area contributed by atoms with Crippen molar-refractivity contribution in [2.24, 2.45) is 0 Å². The molecule has 4 aromatic rings. The average Bonchev–Trinajstić information content (AvgIpc) is 2.75. The minimum absolute atomic E-state index is 0.222. The summed E-state index contributed by atoms with van der Waals surface area (Å²) in [6, 6.07) is 26.6. The fourth-order valence-electron chi connectivity index (χ4n) is 3.31. The first kappa shape index (κ1) is 19.4. The topological polar surface area (TPSA) is 21.3 Å². The average molecular weight is 406 g/mol. The SMILES string of the molecule is Fc1ccc(CNCc2c(OCc3ccc(Cl)cc3)ccc3ccccc23)cc1. The van der Waals surface area contributed by atoms with Crippen LogP contribution in [0, 0.1) is 5.82 Å². The summed E-state index contributed by atoms with van der Waals surface area (Å²) >= 11 is 5.97. The summed E-state index contributed by atoms with van der Waals surface area (Å²) in [6.45, 7) is 1.77. The summed E-state index contributed by atoms with van der Waals surface area (Å²) in [5.41, 5.74) is 3.21. The van der Waals surface area contributed by atoms with Gasteiger partial charge in [-0.3, -0.25) is 0 Å². The van der Waals surface area contributed by atoms with E-state index < -0.39 is 0 Å². The van der Waals surface area contributed by atoms with Crippen molar-refractivity contribution < 1.29 is 9.13 Å². The van der Waals surface area contributed by atoms with Crippen molar-refractivity contribution in [3.05, 3.63) is 112 Å². The Morgan fingerprint density at radius 3 is 2.28 bits per heavy atom. The molecule has 146 valence electrons. The van der Waals surface area contributed by atoms with Gasteiger partial charge in [0, 0.05) is 23.7 Å². The van der Waals surface area contributed by atoms with Crippen LogP contribution in [0.3, 0.4) is 0 Å². The molecule has 0 amide bonds. The lowest BCUT2D eigenvalue weighted by atomic mass is 10.0. The highest BCUT2D eigenvalue weighted by atomic mass is 35.5. The fraction of sp³-hybridized carbons (Fsp3) is 0.120. The van der Waals surface area contributed by atoms with Gasteiger partial charge in [0.2, 0.25) is 0 Å². The van der Waals surface area contributed by atoms with E-state index in [1.807, 2.05) is 42.5 Å². The molecule has 0 saturated heterocycles. The summed E-state index contributed by atoms with van der Waals surface area (Å²) in [4.78, 5) is 0. The Morgan fingerprint density at radius 1 is 0.759 bits per heavy atom. The second-order valence-corrected chi connectivity index (χ2v) is 7.34. The number of halogens is 2. The highest BCUT2D eigenvalue weighted by molar-refractivity contribution is 6.30. The molecule has 0 unspecified atom stereocenters. The molecule has 1 N–H and O–H groups in total. The molecular formula is C25H21ClFNO. The molecule has 4 heteroatoms. The number of hydrogen-bond acceptors (Lipinski definition) is 2. The largest absolute Gasteiger partial charge is 0.489 e. The van der Waals surface area contributed by atoms with E-state index in [0.717, 1.165) is 27.8 Å². The first-order valence-electron chi connectivity index (χ1n) is 9.52. The van der Waals surface area contributed by atoms with Crippen LogP contribution >= 0.6 is 11.6 Å². The lowest BCUT2D eigenvalue weighted by Crippen LogP contribution is -2.14. The van der Waals surface area contributed by atoms with Gasteiger partial charge in [-0.05, 0) is 52.2 Å². The Hall–Kier alpha value is -2.88. The molecule has 0 heterocycles. The van der Waals surface area contributed by atoms with Crippen molar-refractivity contribution in [1.82, 2.24) is 5.32 Å². The van der Waals surface area contributed by atoms with Crippen LogP contribution in [0.1, 0.15) is 16.7 Å². The molecular weight excluding hydrogens is 385 g/mol. The van der Waals surface area contributed by atoms with Gasteiger partial charge in [-0.1, -0.05) is 66.2 Å². The zero-order valence-corrected chi connectivity index (χ0v) is 16.6. The maximum Gasteiger partial charge on any atom is 0.124 e. The maximum absolute atomic E-state index is 13.1. The Balaban J connectivity index is 1.53. The Labute approximate surface area is 174 Å². The summed E-state index contributed by atoms with van der Waals surface area (Å²) in [6.07, 6.45) is 0. The van der Waals surface area contributed by atoms with E-state index in [2.05, 4.69) is 23.5 Å². The lowest BCUT2D eigenvalue weighted by Gasteiger charge is -2.15. The molecule has 0 aliphatic rings. The molecule has 0 spiro atoms. The molecule has 0 aromatic heterocycles. The van der Waals surface area contributed by atoms with Gasteiger partial charge >= 0.3 is 0 Å². The van der Waals surface area contributed by atoms with Crippen molar-refractivity contribution in [2.45, 2.75) is 19.7 Å². The van der Waals surface area contributed by atoms with Gasteiger partial charge < -0.3 is 10.1 Å². The van der Waals surface area contributed by atoms with E-state index in [1.54, 1.807) is 12.1 Å². The number of benzene rings is 4. The lowest BCUT2D eigenvalue weighted by molar-refractivity contribution is 0.302. The van der Waals surface area contributed by atoms with Crippen LogP contribution < -0.4 is 10.1 Å². The van der Waals surface area contributed by atoms with Crippen molar-refractivity contribution in [3.8, 4) is 5.75 Å². The molecule has 4 aromatic carbocycles. The minimum Gasteiger partial charge on any atom is -0.489 e. The molecule has 0 radical (unpaired) electrons. The third-order valence-electron chi connectivity index (χ3n) is 4.85. The molecule has 4 rings (SSSR count). The first-order chi connectivity index (χ1) is 14.2. The minimum atomic E-state index is -0.222. The number of fused-ring (bicyclic) bond motifs is 1. The normalized spacial score (nSPS) is 11.0. The van der Waals surface area contributed by atoms with Crippen LogP contribution in [0.5, 0.6) is 5.75 Å². The van der Waals surface area contributed by atoms with Gasteiger partial charge in [0.05, 0.1) is 0 Å². The zero-order chi connectivity index (χ0) is 20.1. The van der Waals surface area contributed by atoms with Crippen molar-refractivity contribution >= 4 is 22.4 Å². The Kier molecular flexibility index (Phi) is 6.09. The third kappa shape index (κ3) is 4.94. The van der Waals surface area contributed by atoms with Crippen LogP contribution in [0.15, 0.2) is 84.9 Å². The zero-order valence-electron chi connectivity index (χ0n) is 15.9. The van der Waals surface area contributed by atoms with Gasteiger partial charge in [0.15, 0.2) is 0 Å². The molecule has 0 aliphatic carbocycles. The van der Waals surface area contributed by atoms with Gasteiger partial charge in [0.1, 0.15) is 18.2 Å². The quantitative estimate of drug-likeness (QED) is 0.379. The highest BCUT2D eigenvalue weighted by Crippen LogP contribution is 2.29. The van der Waals surface area contributed by atoms with Gasteiger partial charge in [-0.15, -0.1) is 0 Å². The number of nitrogens with one attached hydrogen (secondary N) is 1. The molecule has 0 fully saturated rings. The molecule has 0 aliphatic heterocycles. The molecule has 2 nitrogen and oxygen atoms in total. The van der Waals surface area contributed by atoms with Crippen molar-refractivity contribution in [3.63, 3.8) is 0 Å². The van der Waals surface area contributed by atoms with Crippen LogP contribution in [0.25, 0.3) is 10.8 Å². The van der Waals surface area contributed by atoms with E-state index in [4.69, 9.17) is 16.3 Å². The third-order valence-corrected chi connectivity index (χ3v) is 5.10. The van der Waals surface area contributed by atoms with Crippen molar-refractivity contribution in [1.29, 1.82) is 0 Å². The van der Waals surface area contributed by atoms with E-state index in [1.165, 1.54) is 17.5 Å².